The van der Waals surface area contributed by atoms with Crippen molar-refractivity contribution in [2.24, 2.45) is 0 Å². The van der Waals surface area contributed by atoms with E-state index in [1.54, 1.807) is 39.0 Å². The summed E-state index contributed by atoms with van der Waals surface area (Å²) in [5.41, 5.74) is -0.338. The van der Waals surface area contributed by atoms with Crippen molar-refractivity contribution in [2.75, 3.05) is 7.11 Å². The number of rotatable bonds is 3. The molecule has 2 rings (SSSR count). The molecule has 0 N–H and O–H groups in total. The van der Waals surface area contributed by atoms with E-state index in [9.17, 15) is 19.6 Å². The van der Waals surface area contributed by atoms with Crippen molar-refractivity contribution >= 4 is 17.8 Å². The van der Waals surface area contributed by atoms with Gasteiger partial charge >= 0.3 is 35.5 Å². The molecule has 0 spiro atoms. The molecule has 0 aliphatic rings. The van der Waals surface area contributed by atoms with Crippen LogP contribution in [0.3, 0.4) is 0 Å². The molecule has 2 aromatic carbocycles. The Bertz CT molecular complexity index is 832. The van der Waals surface area contributed by atoms with Gasteiger partial charge in [0.05, 0.1) is 18.2 Å². The van der Waals surface area contributed by atoms with E-state index in [-0.39, 0.29) is 51.4 Å². The normalized spacial score (nSPS) is 10.5. The van der Waals surface area contributed by atoms with Crippen LogP contribution in [0.5, 0.6) is 0 Å². The first-order valence-electron chi connectivity index (χ1n) is 8.26. The zero-order valence-corrected chi connectivity index (χ0v) is 18.6. The van der Waals surface area contributed by atoms with Gasteiger partial charge in [-0.25, -0.2) is 4.79 Å². The Hall–Kier alpha value is -2.19. The molecule has 0 saturated carbocycles. The van der Waals surface area contributed by atoms with Gasteiger partial charge in [0.2, 0.25) is 0 Å². The van der Waals surface area contributed by atoms with E-state index in [2.05, 4.69) is 4.74 Å². The zero-order valence-electron chi connectivity index (χ0n) is 16.6. The van der Waals surface area contributed by atoms with Crippen molar-refractivity contribution in [3.05, 3.63) is 76.5 Å². The standard InChI is InChI=1S/C20H21N2O5.Na/c1-20(2,3)21(22(26)18(24)14-8-6-5-7-9-14)17(23)15-10-12-16(13-11-15)19(25)27-4;/h5-13H,1-4H3;/q-1;+1. The van der Waals surface area contributed by atoms with Crippen molar-refractivity contribution in [1.82, 2.24) is 10.2 Å². The fourth-order valence-electron chi connectivity index (χ4n) is 2.43. The van der Waals surface area contributed by atoms with Gasteiger partial charge in [-0.15, -0.1) is 0 Å². The summed E-state index contributed by atoms with van der Waals surface area (Å²) in [6.07, 6.45) is 0. The molecule has 0 aliphatic heterocycles. The Morgan fingerprint density at radius 3 is 1.75 bits per heavy atom. The predicted molar refractivity (Wildman–Crippen MR) is 99.7 cm³/mol. The molecule has 0 radical (unpaired) electrons. The van der Waals surface area contributed by atoms with Crippen molar-refractivity contribution in [2.45, 2.75) is 26.3 Å². The third-order valence-electron chi connectivity index (χ3n) is 3.76. The fraction of sp³-hybridized carbons (Fsp3) is 0.250. The second-order valence-electron chi connectivity index (χ2n) is 6.80. The number of benzene rings is 2. The molecule has 0 fully saturated rings. The van der Waals surface area contributed by atoms with Gasteiger partial charge in [-0.05, 0) is 57.2 Å². The number of methoxy groups -OCH3 is 1. The molecule has 0 unspecified atom stereocenters. The van der Waals surface area contributed by atoms with E-state index in [1.165, 1.54) is 43.5 Å². The van der Waals surface area contributed by atoms with Crippen LogP contribution in [0.15, 0.2) is 54.6 Å². The number of hydrogen-bond acceptors (Lipinski definition) is 5. The number of ether oxygens (including phenoxy) is 1. The van der Waals surface area contributed by atoms with Crippen molar-refractivity contribution < 1.29 is 48.7 Å². The van der Waals surface area contributed by atoms with Gasteiger partial charge in [-0.1, -0.05) is 18.2 Å². The van der Waals surface area contributed by atoms with Crippen LogP contribution in [0, 0.1) is 5.21 Å². The van der Waals surface area contributed by atoms with Crippen LogP contribution < -0.4 is 29.6 Å². The van der Waals surface area contributed by atoms with E-state index < -0.39 is 23.3 Å². The summed E-state index contributed by atoms with van der Waals surface area (Å²) in [5.74, 6) is -2.03. The van der Waals surface area contributed by atoms with E-state index in [1.807, 2.05) is 0 Å². The summed E-state index contributed by atoms with van der Waals surface area (Å²) in [5, 5.41) is 13.7. The number of hydrogen-bond donors (Lipinski definition) is 0. The first kappa shape index (κ1) is 23.8. The summed E-state index contributed by atoms with van der Waals surface area (Å²) in [6.45, 7) is 4.95. The van der Waals surface area contributed by atoms with Crippen molar-refractivity contribution in [1.29, 1.82) is 0 Å². The van der Waals surface area contributed by atoms with Gasteiger partial charge in [-0.3, -0.25) is 14.6 Å². The number of carbonyl (C=O) groups is 3. The molecule has 0 atom stereocenters. The summed E-state index contributed by atoms with van der Waals surface area (Å²) in [6, 6.07) is 13.7. The third-order valence-corrected chi connectivity index (χ3v) is 3.76. The number of esters is 1. The molecule has 7 nitrogen and oxygen atoms in total. The van der Waals surface area contributed by atoms with E-state index in [4.69, 9.17) is 0 Å². The first-order valence-corrected chi connectivity index (χ1v) is 8.26. The van der Waals surface area contributed by atoms with Gasteiger partial charge < -0.3 is 15.1 Å². The SMILES string of the molecule is COC(=O)c1ccc(C(=O)N(N([O-])C(=O)c2ccccc2)C(C)(C)C)cc1.[Na+]. The Kier molecular flexibility index (Phi) is 8.38. The van der Waals surface area contributed by atoms with E-state index in [0.29, 0.717) is 0 Å². The first-order chi connectivity index (χ1) is 12.7. The minimum absolute atomic E-state index is 0. The van der Waals surface area contributed by atoms with Gasteiger partial charge in [0.1, 0.15) is 0 Å². The minimum atomic E-state index is -0.954. The van der Waals surface area contributed by atoms with Crippen molar-refractivity contribution in [3.63, 3.8) is 0 Å². The Balaban J connectivity index is 0.00000392. The van der Waals surface area contributed by atoms with Crippen LogP contribution in [-0.4, -0.2) is 40.6 Å². The van der Waals surface area contributed by atoms with Crippen LogP contribution in [0.25, 0.3) is 0 Å². The van der Waals surface area contributed by atoms with Crippen LogP contribution >= 0.6 is 0 Å². The largest absolute Gasteiger partial charge is 1.00 e. The molecule has 0 heterocycles. The number of carbonyl (C=O) groups excluding carboxylic acids is 3. The molecule has 142 valence electrons. The van der Waals surface area contributed by atoms with E-state index in [0.717, 1.165) is 5.01 Å². The number of hydrazine groups is 1. The summed E-state index contributed by atoms with van der Waals surface area (Å²) >= 11 is 0. The van der Waals surface area contributed by atoms with Crippen molar-refractivity contribution in [3.8, 4) is 0 Å². The summed E-state index contributed by atoms with van der Waals surface area (Å²) in [7, 11) is 1.26. The zero-order chi connectivity index (χ0) is 20.2. The Morgan fingerprint density at radius 1 is 0.821 bits per heavy atom. The molecule has 2 amide bonds. The van der Waals surface area contributed by atoms with Gasteiger partial charge in [-0.2, -0.15) is 0 Å². The maximum Gasteiger partial charge on any atom is 1.00 e. The molecule has 0 aromatic heterocycles. The summed E-state index contributed by atoms with van der Waals surface area (Å²) in [4.78, 5) is 37.0. The van der Waals surface area contributed by atoms with Crippen LogP contribution in [0.1, 0.15) is 51.8 Å². The maximum atomic E-state index is 12.9. The Labute approximate surface area is 186 Å². The number of amides is 2. The smallest absolute Gasteiger partial charge is 0.736 e. The average molecular weight is 392 g/mol. The predicted octanol–water partition coefficient (Wildman–Crippen LogP) is 0.273. The molecule has 0 aliphatic carbocycles. The van der Waals surface area contributed by atoms with Gasteiger partial charge in [0.15, 0.2) is 0 Å². The summed E-state index contributed by atoms with van der Waals surface area (Å²) < 4.78 is 4.62. The van der Waals surface area contributed by atoms with Crippen LogP contribution in [0.4, 0.5) is 0 Å². The fourth-order valence-corrected chi connectivity index (χ4v) is 2.43. The molecule has 28 heavy (non-hydrogen) atoms. The van der Waals surface area contributed by atoms with Gasteiger partial charge in [0.25, 0.3) is 11.8 Å². The maximum absolute atomic E-state index is 12.9. The quantitative estimate of drug-likeness (QED) is 0.425. The van der Waals surface area contributed by atoms with Crippen LogP contribution in [-0.2, 0) is 4.74 Å². The second kappa shape index (κ2) is 9.84. The van der Waals surface area contributed by atoms with E-state index >= 15 is 0 Å². The monoisotopic (exact) mass is 392 g/mol. The van der Waals surface area contributed by atoms with Crippen LogP contribution in [0.2, 0.25) is 0 Å². The number of nitrogens with zero attached hydrogens (tertiary/aromatic N) is 2. The molecular weight excluding hydrogens is 371 g/mol. The minimum Gasteiger partial charge on any atom is -0.736 e. The molecule has 2 aromatic rings. The molecule has 0 saturated heterocycles. The number of hydroxylamine groups is 1. The molecule has 0 bridgehead atoms. The topological polar surface area (TPSA) is 90.0 Å². The molecular formula is C20H21N2NaO5. The average Bonchev–Trinajstić information content (AvgIpc) is 2.66. The third kappa shape index (κ3) is 5.42. The second-order valence-corrected chi connectivity index (χ2v) is 6.80. The molecule has 8 heteroatoms. The Morgan fingerprint density at radius 2 is 1.29 bits per heavy atom. The van der Waals surface area contributed by atoms with Gasteiger partial charge in [0, 0.05) is 11.1 Å².